The Balaban J connectivity index is 1.77. The fourth-order valence-corrected chi connectivity index (χ4v) is 2.94. The quantitative estimate of drug-likeness (QED) is 0.857. The van der Waals surface area contributed by atoms with Crippen LogP contribution in [0.25, 0.3) is 0 Å². The van der Waals surface area contributed by atoms with Crippen molar-refractivity contribution in [2.75, 3.05) is 0 Å². The van der Waals surface area contributed by atoms with Gasteiger partial charge < -0.3 is 15.4 Å². The van der Waals surface area contributed by atoms with Crippen LogP contribution in [0.3, 0.4) is 0 Å². The minimum Gasteiger partial charge on any atom is -0.444 e. The molecule has 1 aromatic heterocycles. The first-order valence-corrected chi connectivity index (χ1v) is 7.12. The van der Waals surface area contributed by atoms with Gasteiger partial charge in [-0.1, -0.05) is 11.6 Å². The Kier molecular flexibility index (Phi) is 3.83. The number of aromatic nitrogens is 1. The normalized spacial score (nSPS) is 26.4. The molecule has 0 spiro atoms. The van der Waals surface area contributed by atoms with Gasteiger partial charge in [0.25, 0.3) is 5.91 Å². The maximum atomic E-state index is 12.7. The number of nitrogens with one attached hydrogen (secondary N) is 2. The summed E-state index contributed by atoms with van der Waals surface area (Å²) in [4.78, 5) is 26.6. The second-order valence-electron chi connectivity index (χ2n) is 5.38. The lowest BCUT2D eigenvalue weighted by Gasteiger charge is -2.23. The molecule has 23 heavy (non-hydrogen) atoms. The van der Waals surface area contributed by atoms with Gasteiger partial charge in [0.1, 0.15) is 11.8 Å². The van der Waals surface area contributed by atoms with Crippen molar-refractivity contribution in [3.05, 3.63) is 28.5 Å². The lowest BCUT2D eigenvalue weighted by molar-refractivity contribution is -0.141. The molecule has 2 bridgehead atoms. The van der Waals surface area contributed by atoms with E-state index in [1.165, 1.54) is 0 Å². The van der Waals surface area contributed by atoms with E-state index in [-0.39, 0.29) is 16.6 Å². The Labute approximate surface area is 133 Å². The highest BCUT2D eigenvalue weighted by Crippen LogP contribution is 2.31. The van der Waals surface area contributed by atoms with Crippen molar-refractivity contribution < 1.29 is 27.5 Å². The highest BCUT2D eigenvalue weighted by Gasteiger charge is 2.43. The lowest BCUT2D eigenvalue weighted by atomic mass is 10.1. The van der Waals surface area contributed by atoms with E-state index in [4.69, 9.17) is 16.3 Å². The van der Waals surface area contributed by atoms with Crippen molar-refractivity contribution in [3.63, 3.8) is 0 Å². The molecule has 0 aromatic carbocycles. The van der Waals surface area contributed by atoms with E-state index < -0.39 is 36.0 Å². The smallest absolute Gasteiger partial charge is 0.433 e. The third-order valence-corrected chi connectivity index (χ3v) is 4.09. The molecule has 3 rings (SSSR count). The number of ether oxygens (including phenoxy) is 1. The number of alkyl carbamates (subject to hydrolysis) is 1. The molecule has 6 nitrogen and oxygen atoms in total. The Morgan fingerprint density at radius 2 is 2.17 bits per heavy atom. The number of halogens is 4. The summed E-state index contributed by atoms with van der Waals surface area (Å²) in [7, 11) is 0. The zero-order valence-corrected chi connectivity index (χ0v) is 12.2. The largest absolute Gasteiger partial charge is 0.444 e. The summed E-state index contributed by atoms with van der Waals surface area (Å²) >= 11 is 5.77. The number of rotatable bonds is 2. The van der Waals surface area contributed by atoms with Crippen LogP contribution in [0.4, 0.5) is 18.0 Å². The molecular weight excluding hydrogens is 339 g/mol. The van der Waals surface area contributed by atoms with Gasteiger partial charge in [-0.2, -0.15) is 13.2 Å². The summed E-state index contributed by atoms with van der Waals surface area (Å²) in [5.41, 5.74) is -1.53. The molecule has 2 aliphatic rings. The lowest BCUT2D eigenvalue weighted by Crippen LogP contribution is -2.44. The fraction of sp³-hybridized carbons (Fsp3) is 0.462. The number of hydrogen-bond donors (Lipinski definition) is 2. The summed E-state index contributed by atoms with van der Waals surface area (Å²) in [6.07, 6.45) is -3.98. The number of carbonyl (C=O) groups excluding carboxylic acids is 2. The third-order valence-electron chi connectivity index (χ3n) is 3.79. The first-order chi connectivity index (χ1) is 10.7. The summed E-state index contributed by atoms with van der Waals surface area (Å²) in [6, 6.07) is -0.00144. The van der Waals surface area contributed by atoms with Crippen LogP contribution in [0.2, 0.25) is 5.02 Å². The fourth-order valence-electron chi connectivity index (χ4n) is 2.75. The number of carbonyl (C=O) groups is 2. The summed E-state index contributed by atoms with van der Waals surface area (Å²) in [5, 5.41) is 4.98. The van der Waals surface area contributed by atoms with Crippen LogP contribution in [0.5, 0.6) is 0 Å². The Morgan fingerprint density at radius 3 is 2.87 bits per heavy atom. The van der Waals surface area contributed by atoms with Crippen molar-refractivity contribution in [1.29, 1.82) is 0 Å². The number of hydrogen-bond acceptors (Lipinski definition) is 4. The minimum atomic E-state index is -4.68. The Morgan fingerprint density at radius 1 is 1.43 bits per heavy atom. The van der Waals surface area contributed by atoms with E-state index in [2.05, 4.69) is 15.6 Å². The Bertz CT molecular complexity index is 668. The summed E-state index contributed by atoms with van der Waals surface area (Å²) in [5.74, 6) is -0.767. The predicted octanol–water partition coefficient (Wildman–Crippen LogP) is 2.12. The van der Waals surface area contributed by atoms with Crippen LogP contribution in [0, 0.1) is 0 Å². The molecule has 1 aliphatic heterocycles. The molecule has 124 valence electrons. The van der Waals surface area contributed by atoms with Gasteiger partial charge in [-0.25, -0.2) is 4.79 Å². The van der Waals surface area contributed by atoms with E-state index in [9.17, 15) is 22.8 Å². The number of alkyl halides is 3. The maximum absolute atomic E-state index is 12.7. The van der Waals surface area contributed by atoms with E-state index in [0.717, 1.165) is 6.20 Å². The second kappa shape index (κ2) is 5.55. The van der Waals surface area contributed by atoms with E-state index in [1.54, 1.807) is 0 Å². The van der Waals surface area contributed by atoms with Crippen LogP contribution in [-0.2, 0) is 10.9 Å². The average molecular weight is 350 g/mol. The molecule has 1 aliphatic carbocycles. The van der Waals surface area contributed by atoms with Crippen molar-refractivity contribution in [1.82, 2.24) is 15.6 Å². The van der Waals surface area contributed by atoms with Crippen molar-refractivity contribution in [2.24, 2.45) is 0 Å². The molecule has 0 unspecified atom stereocenters. The van der Waals surface area contributed by atoms with Crippen LogP contribution in [-0.4, -0.2) is 35.2 Å². The molecule has 2 N–H and O–H groups in total. The minimum absolute atomic E-state index is 0.120. The molecule has 1 saturated carbocycles. The van der Waals surface area contributed by atoms with E-state index in [1.807, 2.05) is 0 Å². The van der Waals surface area contributed by atoms with Crippen LogP contribution < -0.4 is 10.6 Å². The first-order valence-electron chi connectivity index (χ1n) is 6.75. The highest BCUT2D eigenvalue weighted by atomic mass is 35.5. The maximum Gasteiger partial charge on any atom is 0.433 e. The van der Waals surface area contributed by atoms with Crippen LogP contribution >= 0.6 is 11.6 Å². The van der Waals surface area contributed by atoms with Crippen molar-refractivity contribution >= 4 is 23.6 Å². The monoisotopic (exact) mass is 349 g/mol. The molecule has 0 radical (unpaired) electrons. The van der Waals surface area contributed by atoms with Gasteiger partial charge in [0.15, 0.2) is 0 Å². The highest BCUT2D eigenvalue weighted by molar-refractivity contribution is 6.33. The SMILES string of the molecule is O=C1N[C@@H]2C[C@@H](NC(=O)c3cc(C(F)(F)F)ncc3Cl)[C@@H](C2)O1. The number of fused-ring (bicyclic) bond motifs is 2. The number of pyridine rings is 1. The number of nitrogens with zero attached hydrogens (tertiary/aromatic N) is 1. The Hall–Kier alpha value is -2.03. The number of amides is 2. The molecule has 3 atom stereocenters. The molecule has 2 amide bonds. The van der Waals surface area contributed by atoms with Crippen molar-refractivity contribution in [2.45, 2.75) is 37.2 Å². The third kappa shape index (κ3) is 3.19. The molecule has 1 saturated heterocycles. The van der Waals surface area contributed by atoms with Gasteiger partial charge in [-0.3, -0.25) is 9.78 Å². The van der Waals surface area contributed by atoms with Crippen LogP contribution in [0.15, 0.2) is 12.3 Å². The van der Waals surface area contributed by atoms with Gasteiger partial charge in [0, 0.05) is 18.7 Å². The molecule has 10 heteroatoms. The zero-order chi connectivity index (χ0) is 16.8. The molecule has 1 aromatic rings. The summed E-state index contributed by atoms with van der Waals surface area (Å²) < 4.78 is 43.1. The first kappa shape index (κ1) is 15.9. The predicted molar refractivity (Wildman–Crippen MR) is 71.9 cm³/mol. The van der Waals surface area contributed by atoms with E-state index >= 15 is 0 Å². The van der Waals surface area contributed by atoms with Gasteiger partial charge in [-0.15, -0.1) is 0 Å². The summed E-state index contributed by atoms with van der Waals surface area (Å²) in [6.45, 7) is 0. The zero-order valence-electron chi connectivity index (χ0n) is 11.5. The van der Waals surface area contributed by atoms with E-state index in [0.29, 0.717) is 18.9 Å². The van der Waals surface area contributed by atoms with Crippen LogP contribution in [0.1, 0.15) is 28.9 Å². The average Bonchev–Trinajstić information content (AvgIpc) is 2.72. The molecule has 2 fully saturated rings. The molecular formula is C13H11ClF3N3O3. The standard InChI is InChI=1S/C13H11ClF3N3O3/c14-7-4-18-10(13(15,16)17)3-6(7)11(21)20-8-1-5-2-9(8)23-12(22)19-5/h3-5,8-9H,1-2H2,(H,19,22)(H,20,21)/t5-,8-,9-/m1/s1. The van der Waals surface area contributed by atoms with Gasteiger partial charge >= 0.3 is 12.3 Å². The molecule has 2 heterocycles. The van der Waals surface area contributed by atoms with Gasteiger partial charge in [0.05, 0.1) is 16.6 Å². The topological polar surface area (TPSA) is 80.3 Å². The van der Waals surface area contributed by atoms with Gasteiger partial charge in [-0.05, 0) is 12.5 Å². The second-order valence-corrected chi connectivity index (χ2v) is 5.79. The van der Waals surface area contributed by atoms with Gasteiger partial charge in [0.2, 0.25) is 0 Å². The van der Waals surface area contributed by atoms with Crippen molar-refractivity contribution in [3.8, 4) is 0 Å².